The fraction of sp³-hybridized carbons (Fsp3) is 0.833. The van der Waals surface area contributed by atoms with Gasteiger partial charge in [0.05, 0.1) is 5.92 Å². The normalized spacial score (nSPS) is 29.6. The Balaban J connectivity index is 1.50. The molecule has 0 unspecified atom stereocenters. The highest BCUT2D eigenvalue weighted by atomic mass is 16.2. The SMILES string of the molecule is O=C(NCC1CC1)[C@@H]1CC(=O)N(C2CC2)C1. The molecule has 3 aliphatic rings. The van der Waals surface area contributed by atoms with Gasteiger partial charge < -0.3 is 10.2 Å². The molecule has 0 radical (unpaired) electrons. The van der Waals surface area contributed by atoms with E-state index >= 15 is 0 Å². The van der Waals surface area contributed by atoms with Crippen molar-refractivity contribution in [1.82, 2.24) is 10.2 Å². The Morgan fingerprint density at radius 1 is 1.31 bits per heavy atom. The van der Waals surface area contributed by atoms with E-state index < -0.39 is 0 Å². The fourth-order valence-electron chi connectivity index (χ4n) is 2.36. The van der Waals surface area contributed by atoms with Crippen LogP contribution in [-0.2, 0) is 9.59 Å². The van der Waals surface area contributed by atoms with Gasteiger partial charge in [0.1, 0.15) is 0 Å². The van der Waals surface area contributed by atoms with Gasteiger partial charge in [0.15, 0.2) is 0 Å². The van der Waals surface area contributed by atoms with Gasteiger partial charge in [-0.25, -0.2) is 0 Å². The van der Waals surface area contributed by atoms with Crippen LogP contribution in [0.2, 0.25) is 0 Å². The van der Waals surface area contributed by atoms with Gasteiger partial charge in [-0.15, -0.1) is 0 Å². The van der Waals surface area contributed by atoms with Crippen LogP contribution in [0.15, 0.2) is 0 Å². The molecule has 1 saturated heterocycles. The molecule has 1 atom stereocenters. The second-order valence-corrected chi connectivity index (χ2v) is 5.37. The van der Waals surface area contributed by atoms with Crippen LogP contribution in [-0.4, -0.2) is 35.8 Å². The molecule has 4 nitrogen and oxygen atoms in total. The number of likely N-dealkylation sites (tertiary alicyclic amines) is 1. The van der Waals surface area contributed by atoms with Crippen molar-refractivity contribution in [3.63, 3.8) is 0 Å². The van der Waals surface area contributed by atoms with Gasteiger partial charge in [-0.05, 0) is 31.6 Å². The maximum atomic E-state index is 11.8. The van der Waals surface area contributed by atoms with E-state index in [0.29, 0.717) is 24.9 Å². The van der Waals surface area contributed by atoms with Crippen molar-refractivity contribution in [2.45, 2.75) is 38.1 Å². The van der Waals surface area contributed by atoms with Crippen molar-refractivity contribution < 1.29 is 9.59 Å². The highest BCUT2D eigenvalue weighted by Crippen LogP contribution is 2.33. The Kier molecular flexibility index (Phi) is 2.37. The molecule has 0 bridgehead atoms. The van der Waals surface area contributed by atoms with E-state index in [0.717, 1.165) is 19.4 Å². The predicted octanol–water partition coefficient (Wildman–Crippen LogP) is 0.523. The summed E-state index contributed by atoms with van der Waals surface area (Å²) in [6.45, 7) is 1.47. The van der Waals surface area contributed by atoms with Crippen molar-refractivity contribution >= 4 is 11.8 Å². The van der Waals surface area contributed by atoms with Crippen LogP contribution >= 0.6 is 0 Å². The quantitative estimate of drug-likeness (QED) is 0.754. The highest BCUT2D eigenvalue weighted by molar-refractivity contribution is 5.89. The summed E-state index contributed by atoms with van der Waals surface area (Å²) in [6, 6.07) is 0.453. The Hall–Kier alpha value is -1.06. The lowest BCUT2D eigenvalue weighted by atomic mass is 10.1. The van der Waals surface area contributed by atoms with Crippen molar-refractivity contribution in [3.05, 3.63) is 0 Å². The van der Waals surface area contributed by atoms with Crippen molar-refractivity contribution in [2.24, 2.45) is 11.8 Å². The molecule has 0 aromatic rings. The van der Waals surface area contributed by atoms with Crippen LogP contribution in [0, 0.1) is 11.8 Å². The van der Waals surface area contributed by atoms with Crippen LogP contribution < -0.4 is 5.32 Å². The number of amides is 2. The summed E-state index contributed by atoms with van der Waals surface area (Å²) < 4.78 is 0. The van der Waals surface area contributed by atoms with E-state index in [2.05, 4.69) is 5.32 Å². The number of hydrogen-bond acceptors (Lipinski definition) is 2. The van der Waals surface area contributed by atoms with E-state index in [1.54, 1.807) is 0 Å². The number of nitrogens with one attached hydrogen (secondary N) is 1. The molecular formula is C12H18N2O2. The summed E-state index contributed by atoms with van der Waals surface area (Å²) in [7, 11) is 0. The summed E-state index contributed by atoms with van der Waals surface area (Å²) in [5.74, 6) is 0.880. The van der Waals surface area contributed by atoms with Gasteiger partial charge in [0.2, 0.25) is 11.8 Å². The molecule has 4 heteroatoms. The first-order valence-corrected chi connectivity index (χ1v) is 6.31. The average Bonchev–Trinajstić information content (AvgIpc) is 3.15. The van der Waals surface area contributed by atoms with Crippen LogP contribution in [0.25, 0.3) is 0 Å². The third-order valence-electron chi connectivity index (χ3n) is 3.78. The van der Waals surface area contributed by atoms with Crippen LogP contribution in [0.3, 0.4) is 0 Å². The molecule has 1 aliphatic heterocycles. The Labute approximate surface area is 95.4 Å². The standard InChI is InChI=1S/C12H18N2O2/c15-11-5-9(7-14(11)10-3-4-10)12(16)13-6-8-1-2-8/h8-10H,1-7H2,(H,13,16)/t9-/m1/s1. The third kappa shape index (κ3) is 2.06. The summed E-state index contributed by atoms with van der Waals surface area (Å²) in [5, 5.41) is 2.97. The zero-order valence-corrected chi connectivity index (χ0v) is 9.45. The monoisotopic (exact) mass is 222 g/mol. The van der Waals surface area contributed by atoms with Crippen LogP contribution in [0.4, 0.5) is 0 Å². The number of nitrogens with zero attached hydrogens (tertiary/aromatic N) is 1. The lowest BCUT2D eigenvalue weighted by Crippen LogP contribution is -2.34. The lowest BCUT2D eigenvalue weighted by Gasteiger charge is -2.15. The van der Waals surface area contributed by atoms with Crippen molar-refractivity contribution in [2.75, 3.05) is 13.1 Å². The molecule has 2 saturated carbocycles. The van der Waals surface area contributed by atoms with Crippen molar-refractivity contribution in [3.8, 4) is 0 Å². The minimum atomic E-state index is -0.0909. The van der Waals surface area contributed by atoms with Crippen LogP contribution in [0.5, 0.6) is 0 Å². The summed E-state index contributed by atoms with van der Waals surface area (Å²) >= 11 is 0. The molecule has 2 amide bonds. The van der Waals surface area contributed by atoms with Gasteiger partial charge in [-0.2, -0.15) is 0 Å². The van der Waals surface area contributed by atoms with Gasteiger partial charge >= 0.3 is 0 Å². The first-order valence-electron chi connectivity index (χ1n) is 6.31. The van der Waals surface area contributed by atoms with E-state index in [-0.39, 0.29) is 17.7 Å². The maximum absolute atomic E-state index is 11.8. The Bertz CT molecular complexity index is 321. The highest BCUT2D eigenvalue weighted by Gasteiger charge is 2.41. The van der Waals surface area contributed by atoms with Gasteiger partial charge in [-0.1, -0.05) is 0 Å². The summed E-state index contributed by atoms with van der Waals surface area (Å²) in [4.78, 5) is 25.4. The van der Waals surface area contributed by atoms with E-state index in [1.807, 2.05) is 4.90 Å². The predicted molar refractivity (Wildman–Crippen MR) is 58.6 cm³/mol. The van der Waals surface area contributed by atoms with Gasteiger partial charge in [0, 0.05) is 25.6 Å². The first kappa shape index (κ1) is 10.1. The summed E-state index contributed by atoms with van der Waals surface area (Å²) in [5.41, 5.74) is 0. The maximum Gasteiger partial charge on any atom is 0.225 e. The molecule has 1 heterocycles. The first-order chi connectivity index (χ1) is 7.74. The second kappa shape index (κ2) is 3.75. The Morgan fingerprint density at radius 3 is 2.69 bits per heavy atom. The fourth-order valence-corrected chi connectivity index (χ4v) is 2.36. The smallest absolute Gasteiger partial charge is 0.225 e. The van der Waals surface area contributed by atoms with Crippen LogP contribution in [0.1, 0.15) is 32.1 Å². The zero-order valence-electron chi connectivity index (χ0n) is 9.45. The minimum Gasteiger partial charge on any atom is -0.356 e. The lowest BCUT2D eigenvalue weighted by molar-refractivity contribution is -0.129. The zero-order chi connectivity index (χ0) is 11.1. The molecule has 1 N–H and O–H groups in total. The molecule has 0 aromatic heterocycles. The van der Waals surface area contributed by atoms with E-state index in [1.165, 1.54) is 12.8 Å². The minimum absolute atomic E-state index is 0.0865. The van der Waals surface area contributed by atoms with Gasteiger partial charge in [0.25, 0.3) is 0 Å². The number of hydrogen-bond donors (Lipinski definition) is 1. The van der Waals surface area contributed by atoms with Gasteiger partial charge in [-0.3, -0.25) is 9.59 Å². The van der Waals surface area contributed by atoms with E-state index in [9.17, 15) is 9.59 Å². The summed E-state index contributed by atoms with van der Waals surface area (Å²) in [6.07, 6.45) is 5.17. The molecule has 3 rings (SSSR count). The molecule has 3 fully saturated rings. The largest absolute Gasteiger partial charge is 0.356 e. The topological polar surface area (TPSA) is 49.4 Å². The molecule has 2 aliphatic carbocycles. The number of carbonyl (C=O) groups is 2. The molecular weight excluding hydrogens is 204 g/mol. The third-order valence-corrected chi connectivity index (χ3v) is 3.78. The number of rotatable bonds is 4. The van der Waals surface area contributed by atoms with E-state index in [4.69, 9.17) is 0 Å². The number of carbonyl (C=O) groups excluding carboxylic acids is 2. The molecule has 0 spiro atoms. The van der Waals surface area contributed by atoms with Crippen molar-refractivity contribution in [1.29, 1.82) is 0 Å². The second-order valence-electron chi connectivity index (χ2n) is 5.37. The average molecular weight is 222 g/mol. The Morgan fingerprint density at radius 2 is 2.06 bits per heavy atom. The molecule has 88 valence electrons. The molecule has 16 heavy (non-hydrogen) atoms. The molecule has 0 aromatic carbocycles.